The number of halogens is 1. The van der Waals surface area contributed by atoms with Crippen LogP contribution in [0.25, 0.3) is 0 Å². The van der Waals surface area contributed by atoms with Gasteiger partial charge in [-0.15, -0.1) is 0 Å². The highest BCUT2D eigenvalue weighted by atomic mass is 19.1. The van der Waals surface area contributed by atoms with Gasteiger partial charge in [-0.05, 0) is 37.1 Å². The van der Waals surface area contributed by atoms with E-state index in [0.29, 0.717) is 0 Å². The van der Waals surface area contributed by atoms with Crippen molar-refractivity contribution in [1.29, 1.82) is 0 Å². The molecular formula is C17H19FN2O. The molecule has 2 aromatic rings. The van der Waals surface area contributed by atoms with Gasteiger partial charge in [0.15, 0.2) is 0 Å². The molecule has 0 amide bonds. The highest BCUT2D eigenvalue weighted by molar-refractivity contribution is 5.28. The molecule has 0 N–H and O–H groups in total. The molecule has 0 saturated carbocycles. The number of hydrogen-bond acceptors (Lipinski definition) is 3. The van der Waals surface area contributed by atoms with E-state index in [1.165, 1.54) is 12.1 Å². The largest absolute Gasteiger partial charge is 0.489 e. The van der Waals surface area contributed by atoms with Crippen LogP contribution in [-0.4, -0.2) is 29.1 Å². The van der Waals surface area contributed by atoms with Crippen LogP contribution in [0.3, 0.4) is 0 Å². The maximum Gasteiger partial charge on any atom is 0.125 e. The van der Waals surface area contributed by atoms with Crippen molar-refractivity contribution < 1.29 is 9.13 Å². The lowest BCUT2D eigenvalue weighted by Gasteiger charge is -2.17. The Kier molecular flexibility index (Phi) is 4.15. The zero-order valence-corrected chi connectivity index (χ0v) is 12.1. The molecule has 1 aliphatic rings. The maximum atomic E-state index is 12.9. The second-order valence-corrected chi connectivity index (χ2v) is 5.53. The van der Waals surface area contributed by atoms with Crippen LogP contribution in [0.5, 0.6) is 5.75 Å². The first kappa shape index (κ1) is 14.0. The molecule has 3 nitrogen and oxygen atoms in total. The molecular weight excluding hydrogens is 267 g/mol. The molecule has 110 valence electrons. The van der Waals surface area contributed by atoms with E-state index in [2.05, 4.69) is 9.88 Å². The molecule has 4 heteroatoms. The summed E-state index contributed by atoms with van der Waals surface area (Å²) in [5.74, 6) is 0.730. The van der Waals surface area contributed by atoms with Crippen molar-refractivity contribution in [3.8, 4) is 5.75 Å². The van der Waals surface area contributed by atoms with Gasteiger partial charge in [0.1, 0.15) is 17.7 Å². The van der Waals surface area contributed by atoms with Gasteiger partial charge >= 0.3 is 0 Å². The van der Waals surface area contributed by atoms with Crippen molar-refractivity contribution in [2.24, 2.45) is 0 Å². The first-order chi connectivity index (χ1) is 10.2. The molecule has 1 atom stereocenters. The lowest BCUT2D eigenvalue weighted by Crippen LogP contribution is -2.24. The Morgan fingerprint density at radius 1 is 1.29 bits per heavy atom. The molecule has 3 rings (SSSR count). The molecule has 0 radical (unpaired) electrons. The van der Waals surface area contributed by atoms with Crippen LogP contribution in [0.4, 0.5) is 4.39 Å². The van der Waals surface area contributed by atoms with Crippen molar-refractivity contribution in [2.75, 3.05) is 13.1 Å². The monoisotopic (exact) mass is 286 g/mol. The summed E-state index contributed by atoms with van der Waals surface area (Å²) in [7, 11) is 0. The second kappa shape index (κ2) is 6.22. The van der Waals surface area contributed by atoms with E-state index in [1.54, 1.807) is 6.20 Å². The van der Waals surface area contributed by atoms with Gasteiger partial charge in [0.05, 0.1) is 0 Å². The fourth-order valence-corrected chi connectivity index (χ4v) is 2.66. The topological polar surface area (TPSA) is 25.4 Å². The van der Waals surface area contributed by atoms with Crippen LogP contribution in [0, 0.1) is 12.7 Å². The van der Waals surface area contributed by atoms with E-state index in [1.807, 2.05) is 31.3 Å². The van der Waals surface area contributed by atoms with Gasteiger partial charge in [-0.1, -0.05) is 12.1 Å². The van der Waals surface area contributed by atoms with Crippen LogP contribution in [0.1, 0.15) is 17.5 Å². The predicted molar refractivity (Wildman–Crippen MR) is 79.7 cm³/mol. The van der Waals surface area contributed by atoms with E-state index >= 15 is 0 Å². The zero-order chi connectivity index (χ0) is 14.7. The van der Waals surface area contributed by atoms with Gasteiger partial charge in [-0.2, -0.15) is 0 Å². The number of nitrogens with zero attached hydrogens (tertiary/aromatic N) is 2. The van der Waals surface area contributed by atoms with E-state index in [0.717, 1.165) is 42.9 Å². The summed E-state index contributed by atoms with van der Waals surface area (Å²) in [5.41, 5.74) is 2.20. The SMILES string of the molecule is Cc1cnccc1OC1CCN(Cc2ccc(F)cc2)C1. The summed E-state index contributed by atoms with van der Waals surface area (Å²) in [6.45, 7) is 4.76. The molecule has 1 aliphatic heterocycles. The Morgan fingerprint density at radius 2 is 2.10 bits per heavy atom. The molecule has 0 aliphatic carbocycles. The Balaban J connectivity index is 1.56. The molecule has 1 unspecified atom stereocenters. The molecule has 1 aromatic carbocycles. The Morgan fingerprint density at radius 3 is 2.86 bits per heavy atom. The van der Waals surface area contributed by atoms with E-state index in [4.69, 9.17) is 4.74 Å². The van der Waals surface area contributed by atoms with Crippen LogP contribution in [-0.2, 0) is 6.54 Å². The van der Waals surface area contributed by atoms with Gasteiger partial charge in [-0.3, -0.25) is 9.88 Å². The predicted octanol–water partition coefficient (Wildman–Crippen LogP) is 3.18. The minimum Gasteiger partial charge on any atom is -0.489 e. The highest BCUT2D eigenvalue weighted by Crippen LogP contribution is 2.22. The van der Waals surface area contributed by atoms with Gasteiger partial charge < -0.3 is 4.74 Å². The highest BCUT2D eigenvalue weighted by Gasteiger charge is 2.24. The summed E-state index contributed by atoms with van der Waals surface area (Å²) in [6, 6.07) is 8.63. The van der Waals surface area contributed by atoms with E-state index < -0.39 is 0 Å². The number of aromatic nitrogens is 1. The van der Waals surface area contributed by atoms with Crippen molar-refractivity contribution in [3.05, 3.63) is 59.7 Å². The molecule has 1 fully saturated rings. The van der Waals surface area contributed by atoms with Crippen LogP contribution >= 0.6 is 0 Å². The number of rotatable bonds is 4. The first-order valence-corrected chi connectivity index (χ1v) is 7.25. The number of ether oxygens (including phenoxy) is 1. The molecule has 2 heterocycles. The second-order valence-electron chi connectivity index (χ2n) is 5.53. The summed E-state index contributed by atoms with van der Waals surface area (Å²) in [4.78, 5) is 6.42. The third-order valence-corrected chi connectivity index (χ3v) is 3.81. The number of pyridine rings is 1. The average Bonchev–Trinajstić information content (AvgIpc) is 2.91. The van der Waals surface area contributed by atoms with E-state index in [-0.39, 0.29) is 11.9 Å². The van der Waals surface area contributed by atoms with Crippen LogP contribution < -0.4 is 4.74 Å². The first-order valence-electron chi connectivity index (χ1n) is 7.25. The summed E-state index contributed by atoms with van der Waals surface area (Å²) in [6.07, 6.45) is 4.81. The quantitative estimate of drug-likeness (QED) is 0.863. The zero-order valence-electron chi connectivity index (χ0n) is 12.1. The lowest BCUT2D eigenvalue weighted by atomic mass is 10.2. The molecule has 0 spiro atoms. The number of aryl methyl sites for hydroxylation is 1. The average molecular weight is 286 g/mol. The summed E-state index contributed by atoms with van der Waals surface area (Å²) < 4.78 is 19.0. The fraction of sp³-hybridized carbons (Fsp3) is 0.353. The minimum absolute atomic E-state index is 0.186. The Bertz CT molecular complexity index is 600. The smallest absolute Gasteiger partial charge is 0.125 e. The van der Waals surface area contributed by atoms with Crippen LogP contribution in [0.15, 0.2) is 42.7 Å². The molecule has 1 aromatic heterocycles. The Labute approximate surface area is 124 Å². The van der Waals surface area contributed by atoms with E-state index in [9.17, 15) is 4.39 Å². The normalized spacial score (nSPS) is 18.9. The number of hydrogen-bond donors (Lipinski definition) is 0. The van der Waals surface area contributed by atoms with Crippen molar-refractivity contribution in [1.82, 2.24) is 9.88 Å². The fourth-order valence-electron chi connectivity index (χ4n) is 2.66. The van der Waals surface area contributed by atoms with Crippen molar-refractivity contribution in [3.63, 3.8) is 0 Å². The van der Waals surface area contributed by atoms with Gasteiger partial charge in [0, 0.05) is 37.6 Å². The standard InChI is InChI=1S/C17H19FN2O/c1-13-10-19-8-6-17(13)21-16-7-9-20(12-16)11-14-2-4-15(18)5-3-14/h2-6,8,10,16H,7,9,11-12H2,1H3. The third kappa shape index (κ3) is 3.58. The van der Waals surface area contributed by atoms with Crippen molar-refractivity contribution >= 4 is 0 Å². The third-order valence-electron chi connectivity index (χ3n) is 3.81. The number of likely N-dealkylation sites (tertiary alicyclic amines) is 1. The summed E-state index contributed by atoms with van der Waals surface area (Å²) >= 11 is 0. The van der Waals surface area contributed by atoms with Crippen LogP contribution in [0.2, 0.25) is 0 Å². The van der Waals surface area contributed by atoms with Gasteiger partial charge in [-0.25, -0.2) is 4.39 Å². The number of benzene rings is 1. The lowest BCUT2D eigenvalue weighted by molar-refractivity contribution is 0.197. The molecule has 0 bridgehead atoms. The van der Waals surface area contributed by atoms with Gasteiger partial charge in [0.25, 0.3) is 0 Å². The van der Waals surface area contributed by atoms with Gasteiger partial charge in [0.2, 0.25) is 0 Å². The molecule has 1 saturated heterocycles. The molecule has 21 heavy (non-hydrogen) atoms. The minimum atomic E-state index is -0.186. The van der Waals surface area contributed by atoms with Crippen molar-refractivity contribution in [2.45, 2.75) is 26.0 Å². The Hall–Kier alpha value is -1.94. The maximum absolute atomic E-state index is 12.9. The summed E-state index contributed by atoms with van der Waals surface area (Å²) in [5, 5.41) is 0.